The minimum atomic E-state index is -1.27. The predicted octanol–water partition coefficient (Wildman–Crippen LogP) is 7.19. The molecule has 3 aliphatic rings. The normalized spacial score (nSPS) is 31.5. The van der Waals surface area contributed by atoms with Gasteiger partial charge in [0.05, 0.1) is 5.92 Å². The number of carbonyl (C=O) groups excluding carboxylic acids is 2. The molecule has 3 fully saturated rings. The average Bonchev–Trinajstić information content (AvgIpc) is 3.26. The maximum absolute atomic E-state index is 13.4. The first-order valence-corrected chi connectivity index (χ1v) is 13.4. The molecule has 0 aromatic heterocycles. The third-order valence-corrected chi connectivity index (χ3v) is 9.10. The fraction of sp³-hybridized carbons (Fsp3) is 0.931. The van der Waals surface area contributed by atoms with Crippen LogP contribution in [0.5, 0.6) is 0 Å². The highest BCUT2D eigenvalue weighted by molar-refractivity contribution is 5.84. The first-order chi connectivity index (χ1) is 14.9. The highest BCUT2D eigenvalue weighted by Crippen LogP contribution is 2.64. The lowest BCUT2D eigenvalue weighted by molar-refractivity contribution is -0.195. The Labute approximate surface area is 202 Å². The van der Waals surface area contributed by atoms with Crippen LogP contribution < -0.4 is 0 Å². The molecule has 4 heteroatoms. The summed E-state index contributed by atoms with van der Waals surface area (Å²) in [6.45, 7) is 21.4. The third-order valence-electron chi connectivity index (χ3n) is 9.10. The first-order valence-electron chi connectivity index (χ1n) is 13.4. The second-order valence-electron chi connectivity index (χ2n) is 14.5. The molecule has 0 heterocycles. The molecule has 3 aliphatic carbocycles. The summed E-state index contributed by atoms with van der Waals surface area (Å²) in [5, 5.41) is 0. The van der Waals surface area contributed by atoms with Crippen LogP contribution in [0, 0.1) is 46.3 Å². The monoisotopic (exact) mass is 462 g/mol. The summed E-state index contributed by atoms with van der Waals surface area (Å²) >= 11 is 0. The molecule has 2 bridgehead atoms. The highest BCUT2D eigenvalue weighted by Gasteiger charge is 2.61. The van der Waals surface area contributed by atoms with Gasteiger partial charge in [0, 0.05) is 0 Å². The molecule has 3 rings (SSSR count). The summed E-state index contributed by atoms with van der Waals surface area (Å²) in [5.41, 5.74) is -1.45. The molecular weight excluding hydrogens is 412 g/mol. The van der Waals surface area contributed by atoms with Gasteiger partial charge in [0.25, 0.3) is 0 Å². The lowest BCUT2D eigenvalue weighted by Crippen LogP contribution is -2.48. The van der Waals surface area contributed by atoms with Crippen LogP contribution >= 0.6 is 0 Å². The van der Waals surface area contributed by atoms with Gasteiger partial charge in [0.1, 0.15) is 5.60 Å². The van der Waals surface area contributed by atoms with Crippen molar-refractivity contribution in [1.82, 2.24) is 0 Å². The molecule has 0 amide bonds. The van der Waals surface area contributed by atoms with E-state index >= 15 is 0 Å². The zero-order valence-corrected chi connectivity index (χ0v) is 23.0. The molecule has 0 radical (unpaired) electrons. The molecule has 0 aromatic carbocycles. The molecular formula is C29H50O4. The van der Waals surface area contributed by atoms with Crippen molar-refractivity contribution in [1.29, 1.82) is 0 Å². The first kappa shape index (κ1) is 26.5. The van der Waals surface area contributed by atoms with Gasteiger partial charge in [-0.05, 0) is 93.8 Å². The maximum atomic E-state index is 13.4. The molecule has 0 aliphatic heterocycles. The van der Waals surface area contributed by atoms with Crippen LogP contribution in [-0.4, -0.2) is 23.1 Å². The van der Waals surface area contributed by atoms with Crippen LogP contribution in [0.1, 0.15) is 114 Å². The number of fused-ring (bicyclic) bond motifs is 2. The third kappa shape index (κ3) is 5.45. The Hall–Kier alpha value is -1.06. The largest absolute Gasteiger partial charge is 0.456 e. The van der Waals surface area contributed by atoms with E-state index in [-0.39, 0.29) is 22.7 Å². The molecule has 190 valence electrons. The topological polar surface area (TPSA) is 52.6 Å². The summed E-state index contributed by atoms with van der Waals surface area (Å²) in [4.78, 5) is 26.6. The Bertz CT molecular complexity index is 730. The lowest BCUT2D eigenvalue weighted by atomic mass is 9.57. The number of hydrogen-bond donors (Lipinski definition) is 0. The summed E-state index contributed by atoms with van der Waals surface area (Å²) < 4.78 is 11.9. The number of ether oxygens (including phenoxy) is 2. The van der Waals surface area contributed by atoms with Crippen LogP contribution in [-0.2, 0) is 19.1 Å². The number of carbonyl (C=O) groups is 2. The van der Waals surface area contributed by atoms with Crippen molar-refractivity contribution in [2.45, 2.75) is 125 Å². The SMILES string of the molecule is CC(C)(OC(=O)C1CC2CC1C(C(C)(C)C)C2C(C)(C)C)C(=O)OC(C)(C)C1CCCCC1. The summed E-state index contributed by atoms with van der Waals surface area (Å²) in [7, 11) is 0. The van der Waals surface area contributed by atoms with Crippen molar-refractivity contribution >= 4 is 11.9 Å². The molecule has 5 atom stereocenters. The molecule has 5 unspecified atom stereocenters. The van der Waals surface area contributed by atoms with E-state index in [0.717, 1.165) is 25.7 Å². The number of esters is 2. The van der Waals surface area contributed by atoms with E-state index in [1.807, 2.05) is 13.8 Å². The van der Waals surface area contributed by atoms with Gasteiger partial charge in [-0.1, -0.05) is 60.8 Å². The highest BCUT2D eigenvalue weighted by atomic mass is 16.6. The molecule has 4 nitrogen and oxygen atoms in total. The second kappa shape index (κ2) is 8.86. The van der Waals surface area contributed by atoms with Crippen molar-refractivity contribution < 1.29 is 19.1 Å². The average molecular weight is 463 g/mol. The van der Waals surface area contributed by atoms with Crippen LogP contribution in [0.2, 0.25) is 0 Å². The predicted molar refractivity (Wildman–Crippen MR) is 133 cm³/mol. The Kier molecular flexibility index (Phi) is 7.13. The van der Waals surface area contributed by atoms with Gasteiger partial charge in [0.2, 0.25) is 5.60 Å². The zero-order chi connectivity index (χ0) is 25.0. The fourth-order valence-corrected chi connectivity index (χ4v) is 7.67. The summed E-state index contributed by atoms with van der Waals surface area (Å²) in [6.07, 6.45) is 7.82. The Morgan fingerprint density at radius 3 is 1.76 bits per heavy atom. The Balaban J connectivity index is 1.68. The summed E-state index contributed by atoms with van der Waals surface area (Å²) in [6, 6.07) is 0. The van der Waals surface area contributed by atoms with Crippen LogP contribution in [0.4, 0.5) is 0 Å². The van der Waals surface area contributed by atoms with E-state index in [2.05, 4.69) is 41.5 Å². The van der Waals surface area contributed by atoms with Gasteiger partial charge in [-0.2, -0.15) is 0 Å². The van der Waals surface area contributed by atoms with E-state index in [9.17, 15) is 9.59 Å². The minimum Gasteiger partial charge on any atom is -0.456 e. The standard InChI is InChI=1S/C29H50O4/c1-26(2,3)22-18-16-20(23(22)27(4,5)6)21(17-18)24(30)32-29(9,10)25(31)33-28(7,8)19-14-12-11-13-15-19/h18-23H,11-17H2,1-10H3. The van der Waals surface area contributed by atoms with Gasteiger partial charge in [-0.15, -0.1) is 0 Å². The smallest absolute Gasteiger partial charge is 0.350 e. The fourth-order valence-electron chi connectivity index (χ4n) is 7.67. The van der Waals surface area contributed by atoms with E-state index in [1.54, 1.807) is 13.8 Å². The van der Waals surface area contributed by atoms with Crippen LogP contribution in [0.15, 0.2) is 0 Å². The van der Waals surface area contributed by atoms with Gasteiger partial charge in [0.15, 0.2) is 0 Å². The number of rotatable bonds is 5. The molecule has 0 aromatic rings. The van der Waals surface area contributed by atoms with E-state index < -0.39 is 17.2 Å². The van der Waals surface area contributed by atoms with Gasteiger partial charge < -0.3 is 9.47 Å². The molecule has 0 saturated heterocycles. The molecule has 0 spiro atoms. The Morgan fingerprint density at radius 2 is 1.24 bits per heavy atom. The summed E-state index contributed by atoms with van der Waals surface area (Å²) in [5.74, 6) is 1.60. The van der Waals surface area contributed by atoms with Crippen molar-refractivity contribution in [3.05, 3.63) is 0 Å². The molecule has 3 saturated carbocycles. The Morgan fingerprint density at radius 1 is 0.697 bits per heavy atom. The van der Waals surface area contributed by atoms with E-state index in [1.165, 1.54) is 19.3 Å². The molecule has 33 heavy (non-hydrogen) atoms. The van der Waals surface area contributed by atoms with Crippen molar-refractivity contribution in [2.24, 2.45) is 46.3 Å². The number of hydrogen-bond acceptors (Lipinski definition) is 4. The van der Waals surface area contributed by atoms with E-state index in [0.29, 0.717) is 29.6 Å². The minimum absolute atomic E-state index is 0.115. The van der Waals surface area contributed by atoms with Crippen molar-refractivity contribution in [2.75, 3.05) is 0 Å². The van der Waals surface area contributed by atoms with Gasteiger partial charge >= 0.3 is 11.9 Å². The van der Waals surface area contributed by atoms with Crippen LogP contribution in [0.25, 0.3) is 0 Å². The van der Waals surface area contributed by atoms with Crippen molar-refractivity contribution in [3.8, 4) is 0 Å². The molecule has 0 N–H and O–H groups in total. The maximum Gasteiger partial charge on any atom is 0.350 e. The quantitative estimate of drug-likeness (QED) is 0.406. The van der Waals surface area contributed by atoms with Crippen molar-refractivity contribution in [3.63, 3.8) is 0 Å². The van der Waals surface area contributed by atoms with Gasteiger partial charge in [-0.25, -0.2) is 4.79 Å². The lowest BCUT2D eigenvalue weighted by Gasteiger charge is -2.48. The van der Waals surface area contributed by atoms with Crippen LogP contribution in [0.3, 0.4) is 0 Å². The zero-order valence-electron chi connectivity index (χ0n) is 23.0. The van der Waals surface area contributed by atoms with Gasteiger partial charge in [-0.3, -0.25) is 4.79 Å². The van der Waals surface area contributed by atoms with E-state index in [4.69, 9.17) is 9.47 Å². The second-order valence-corrected chi connectivity index (χ2v) is 14.5.